The first-order chi connectivity index (χ1) is 12.6. The highest BCUT2D eigenvalue weighted by atomic mass is 32.2. The van der Waals surface area contributed by atoms with Crippen molar-refractivity contribution < 1.29 is 19.1 Å². The molecule has 0 bridgehead atoms. The van der Waals surface area contributed by atoms with Crippen LogP contribution < -0.4 is 10.6 Å². The van der Waals surface area contributed by atoms with Crippen LogP contribution in [-0.2, 0) is 9.53 Å². The van der Waals surface area contributed by atoms with Crippen molar-refractivity contribution in [1.29, 1.82) is 0 Å². The van der Waals surface area contributed by atoms with E-state index in [0.29, 0.717) is 11.6 Å². The van der Waals surface area contributed by atoms with Crippen LogP contribution in [0.3, 0.4) is 0 Å². The maximum absolute atomic E-state index is 12.3. The van der Waals surface area contributed by atoms with E-state index in [2.05, 4.69) is 15.6 Å². The number of hydrogen-bond acceptors (Lipinski definition) is 6. The zero-order valence-electron chi connectivity index (χ0n) is 14.2. The third-order valence-electron chi connectivity index (χ3n) is 3.07. The summed E-state index contributed by atoms with van der Waals surface area (Å²) in [5, 5.41) is 5.06. The van der Waals surface area contributed by atoms with Gasteiger partial charge in [-0.1, -0.05) is 36.9 Å². The van der Waals surface area contributed by atoms with Crippen LogP contribution in [0.1, 0.15) is 23.7 Å². The third-order valence-corrected chi connectivity index (χ3v) is 4.10. The molecule has 2 N–H and O–H groups in total. The third kappa shape index (κ3) is 6.21. The van der Waals surface area contributed by atoms with Gasteiger partial charge in [-0.05, 0) is 30.7 Å². The van der Waals surface area contributed by atoms with Gasteiger partial charge < -0.3 is 10.1 Å². The lowest BCUT2D eigenvalue weighted by Gasteiger charge is -2.09. The van der Waals surface area contributed by atoms with E-state index < -0.39 is 24.5 Å². The molecule has 26 heavy (non-hydrogen) atoms. The molecular formula is C18H19N3O4S. The minimum atomic E-state index is -0.701. The van der Waals surface area contributed by atoms with Gasteiger partial charge in [0.25, 0.3) is 5.91 Å². The Hall–Kier alpha value is -2.87. The van der Waals surface area contributed by atoms with E-state index >= 15 is 0 Å². The summed E-state index contributed by atoms with van der Waals surface area (Å²) in [5.74, 6) is -1.38. The highest BCUT2D eigenvalue weighted by Crippen LogP contribution is 2.28. The molecule has 0 fully saturated rings. The van der Waals surface area contributed by atoms with Gasteiger partial charge in [0.15, 0.2) is 6.61 Å². The van der Waals surface area contributed by atoms with Gasteiger partial charge in [-0.25, -0.2) is 14.6 Å². The fourth-order valence-electron chi connectivity index (χ4n) is 1.88. The molecule has 0 unspecified atom stereocenters. The Bertz CT molecular complexity index is 768. The molecule has 136 valence electrons. The molecule has 0 saturated heterocycles. The Labute approximate surface area is 155 Å². The van der Waals surface area contributed by atoms with E-state index in [1.54, 1.807) is 18.3 Å². The van der Waals surface area contributed by atoms with E-state index in [0.717, 1.165) is 11.3 Å². The predicted octanol–water partition coefficient (Wildman–Crippen LogP) is 2.63. The molecule has 8 heteroatoms. The first-order valence-electron chi connectivity index (χ1n) is 8.03. The summed E-state index contributed by atoms with van der Waals surface area (Å²) in [7, 11) is 0. The minimum Gasteiger partial charge on any atom is -0.452 e. The molecule has 0 saturated carbocycles. The molecule has 1 heterocycles. The van der Waals surface area contributed by atoms with Gasteiger partial charge >= 0.3 is 12.0 Å². The number of benzene rings is 1. The van der Waals surface area contributed by atoms with Gasteiger partial charge in [0, 0.05) is 17.6 Å². The van der Waals surface area contributed by atoms with Crippen LogP contribution in [0, 0.1) is 0 Å². The molecule has 7 nitrogen and oxygen atoms in total. The van der Waals surface area contributed by atoms with Crippen molar-refractivity contribution in [2.75, 3.05) is 13.2 Å². The zero-order chi connectivity index (χ0) is 18.8. The van der Waals surface area contributed by atoms with Crippen molar-refractivity contribution in [2.24, 2.45) is 0 Å². The number of aromatic nitrogens is 1. The minimum absolute atomic E-state index is 0.254. The molecule has 0 aliphatic rings. The summed E-state index contributed by atoms with van der Waals surface area (Å²) < 4.78 is 4.99. The van der Waals surface area contributed by atoms with Crippen molar-refractivity contribution in [3.8, 4) is 0 Å². The molecule has 0 radical (unpaired) electrons. The standard InChI is InChI=1S/C18H19N3O4S/c1-2-10-20-18(24)21-15(22)12-25-17(23)14-9-6-11-19-16(14)26-13-7-4-3-5-8-13/h3-9,11H,2,10,12H2,1H3,(H2,20,21,22,24). The van der Waals surface area contributed by atoms with Gasteiger partial charge in [-0.15, -0.1) is 0 Å². The van der Waals surface area contributed by atoms with Crippen molar-refractivity contribution in [3.05, 3.63) is 54.2 Å². The quantitative estimate of drug-likeness (QED) is 0.724. The summed E-state index contributed by atoms with van der Waals surface area (Å²) in [5.41, 5.74) is 0.254. The van der Waals surface area contributed by atoms with Gasteiger partial charge in [0.05, 0.1) is 5.56 Å². The number of urea groups is 1. The Balaban J connectivity index is 1.93. The molecule has 2 rings (SSSR count). The van der Waals surface area contributed by atoms with Crippen LogP contribution in [-0.4, -0.2) is 36.0 Å². The Kier molecular flexibility index (Phi) is 7.63. The normalized spacial score (nSPS) is 10.0. The largest absolute Gasteiger partial charge is 0.452 e. The fraction of sp³-hybridized carbons (Fsp3) is 0.222. The second-order valence-electron chi connectivity index (χ2n) is 5.15. The van der Waals surface area contributed by atoms with E-state index in [9.17, 15) is 14.4 Å². The highest BCUT2D eigenvalue weighted by molar-refractivity contribution is 7.99. The summed E-state index contributed by atoms with van der Waals surface area (Å²) in [6.07, 6.45) is 2.33. The van der Waals surface area contributed by atoms with Crippen molar-refractivity contribution in [2.45, 2.75) is 23.3 Å². The lowest BCUT2D eigenvalue weighted by atomic mass is 10.3. The molecule has 3 amide bonds. The summed E-state index contributed by atoms with van der Waals surface area (Å²) in [4.78, 5) is 40.4. The van der Waals surface area contributed by atoms with Crippen LogP contribution in [0.4, 0.5) is 4.79 Å². The maximum Gasteiger partial charge on any atom is 0.341 e. The summed E-state index contributed by atoms with van der Waals surface area (Å²) >= 11 is 1.32. The van der Waals surface area contributed by atoms with Gasteiger partial charge in [0.2, 0.25) is 0 Å². The van der Waals surface area contributed by atoms with Crippen molar-refractivity contribution in [1.82, 2.24) is 15.6 Å². The number of carbonyl (C=O) groups is 3. The van der Waals surface area contributed by atoms with E-state index in [1.807, 2.05) is 37.3 Å². The number of ether oxygens (including phenoxy) is 1. The topological polar surface area (TPSA) is 97.4 Å². The van der Waals surface area contributed by atoms with Crippen LogP contribution in [0.2, 0.25) is 0 Å². The Morgan fingerprint density at radius 1 is 1.12 bits per heavy atom. The van der Waals surface area contributed by atoms with Crippen LogP contribution in [0.25, 0.3) is 0 Å². The number of nitrogens with one attached hydrogen (secondary N) is 2. The number of imide groups is 1. The fourth-order valence-corrected chi connectivity index (χ4v) is 2.77. The lowest BCUT2D eigenvalue weighted by Crippen LogP contribution is -2.41. The molecule has 1 aromatic heterocycles. The average molecular weight is 373 g/mol. The number of rotatable bonds is 7. The molecule has 0 atom stereocenters. The zero-order valence-corrected chi connectivity index (χ0v) is 15.0. The number of hydrogen-bond donors (Lipinski definition) is 2. The smallest absolute Gasteiger partial charge is 0.341 e. The van der Waals surface area contributed by atoms with Crippen molar-refractivity contribution in [3.63, 3.8) is 0 Å². The second kappa shape index (κ2) is 10.2. The maximum atomic E-state index is 12.3. The van der Waals surface area contributed by atoms with E-state index in [1.165, 1.54) is 11.8 Å². The molecule has 0 aliphatic carbocycles. The highest BCUT2D eigenvalue weighted by Gasteiger charge is 2.17. The van der Waals surface area contributed by atoms with Gasteiger partial charge in [-0.3, -0.25) is 10.1 Å². The monoisotopic (exact) mass is 373 g/mol. The van der Waals surface area contributed by atoms with Crippen molar-refractivity contribution >= 4 is 29.7 Å². The number of pyridine rings is 1. The molecule has 0 aliphatic heterocycles. The second-order valence-corrected chi connectivity index (χ2v) is 6.21. The number of esters is 1. The average Bonchev–Trinajstić information content (AvgIpc) is 2.65. The molecule has 1 aromatic carbocycles. The lowest BCUT2D eigenvalue weighted by molar-refractivity contribution is -0.123. The molecule has 2 aromatic rings. The SMILES string of the molecule is CCCNC(=O)NC(=O)COC(=O)c1cccnc1Sc1ccccc1. The molecule has 0 spiro atoms. The number of amides is 3. The predicted molar refractivity (Wildman–Crippen MR) is 96.9 cm³/mol. The van der Waals surface area contributed by atoms with Crippen LogP contribution in [0.15, 0.2) is 58.6 Å². The summed E-state index contributed by atoms with van der Waals surface area (Å²) in [6.45, 7) is 1.79. The molecular weight excluding hydrogens is 354 g/mol. The Morgan fingerprint density at radius 2 is 1.88 bits per heavy atom. The van der Waals surface area contributed by atoms with Crippen LogP contribution >= 0.6 is 11.8 Å². The number of carbonyl (C=O) groups excluding carboxylic acids is 3. The van der Waals surface area contributed by atoms with Gasteiger partial charge in [-0.2, -0.15) is 0 Å². The van der Waals surface area contributed by atoms with Crippen LogP contribution in [0.5, 0.6) is 0 Å². The Morgan fingerprint density at radius 3 is 2.62 bits per heavy atom. The first kappa shape index (κ1) is 19.5. The van der Waals surface area contributed by atoms with E-state index in [4.69, 9.17) is 4.74 Å². The summed E-state index contributed by atoms with van der Waals surface area (Å²) in [6, 6.07) is 12.0. The number of nitrogens with zero attached hydrogens (tertiary/aromatic N) is 1. The van der Waals surface area contributed by atoms with E-state index in [-0.39, 0.29) is 5.56 Å². The first-order valence-corrected chi connectivity index (χ1v) is 8.84. The van der Waals surface area contributed by atoms with Gasteiger partial charge in [0.1, 0.15) is 5.03 Å².